The molecule has 0 bridgehead atoms. The Labute approximate surface area is 142 Å². The average molecular weight is 341 g/mol. The molecule has 1 amide bonds. The van der Waals surface area contributed by atoms with Gasteiger partial charge in [0.2, 0.25) is 5.91 Å². The molecule has 1 aromatic heterocycles. The van der Waals surface area contributed by atoms with Gasteiger partial charge in [-0.3, -0.25) is 4.79 Å². The number of aryl methyl sites for hydroxylation is 2. The highest BCUT2D eigenvalue weighted by Gasteiger charge is 2.09. The maximum atomic E-state index is 13.0. The summed E-state index contributed by atoms with van der Waals surface area (Å²) in [5, 5.41) is 10.4. The molecule has 0 spiro atoms. The van der Waals surface area contributed by atoms with Crippen molar-refractivity contribution >= 4 is 11.6 Å². The lowest BCUT2D eigenvalue weighted by Gasteiger charge is -2.05. The predicted octanol–water partition coefficient (Wildman–Crippen LogP) is 1.77. The number of tetrazole rings is 1. The van der Waals surface area contributed by atoms with Crippen LogP contribution in [-0.4, -0.2) is 25.7 Å². The topological polar surface area (TPSA) is 81.8 Å². The Balaban J connectivity index is 1.73. The molecule has 1 heterocycles. The number of benzene rings is 2. The fraction of sp³-hybridized carbons (Fsp3) is 0.176. The Kier molecular flexibility index (Phi) is 4.69. The Bertz CT molecular complexity index is 946. The molecule has 0 atom stereocenters. The third-order valence-corrected chi connectivity index (χ3v) is 3.57. The molecule has 3 aromatic rings. The fourth-order valence-electron chi connectivity index (χ4n) is 2.40. The van der Waals surface area contributed by atoms with Gasteiger partial charge in [0.25, 0.3) is 0 Å². The molecule has 128 valence electrons. The summed E-state index contributed by atoms with van der Waals surface area (Å²) in [5.41, 5.74) is 1.71. The normalized spacial score (nSPS) is 10.6. The molecule has 0 unspecified atom stereocenters. The predicted molar refractivity (Wildman–Crippen MR) is 90.0 cm³/mol. The molecule has 0 saturated heterocycles. The second kappa shape index (κ2) is 7.08. The van der Waals surface area contributed by atoms with Gasteiger partial charge < -0.3 is 5.32 Å². The fourth-order valence-corrected chi connectivity index (χ4v) is 2.40. The van der Waals surface area contributed by atoms with Crippen LogP contribution in [0.5, 0.6) is 0 Å². The first kappa shape index (κ1) is 16.6. The summed E-state index contributed by atoms with van der Waals surface area (Å²) in [6.45, 7) is 1.78. The molecular formula is C17H16FN5O2. The Hall–Kier alpha value is -3.29. The molecule has 2 aromatic carbocycles. The van der Waals surface area contributed by atoms with Gasteiger partial charge in [-0.1, -0.05) is 12.1 Å². The number of halogens is 1. The third-order valence-electron chi connectivity index (χ3n) is 3.57. The molecule has 3 rings (SSSR count). The zero-order valence-electron chi connectivity index (χ0n) is 13.5. The number of aromatic nitrogens is 4. The number of hydrogen-bond donors (Lipinski definition) is 1. The first-order valence-electron chi connectivity index (χ1n) is 7.68. The Morgan fingerprint density at radius 3 is 2.64 bits per heavy atom. The van der Waals surface area contributed by atoms with Crippen LogP contribution in [0.2, 0.25) is 0 Å². The first-order chi connectivity index (χ1) is 12.0. The summed E-state index contributed by atoms with van der Waals surface area (Å²) < 4.78 is 15.3. The highest BCUT2D eigenvalue weighted by molar-refractivity contribution is 5.88. The monoisotopic (exact) mass is 341 g/mol. The van der Waals surface area contributed by atoms with Crippen LogP contribution >= 0.6 is 0 Å². The van der Waals surface area contributed by atoms with E-state index >= 15 is 0 Å². The van der Waals surface area contributed by atoms with Gasteiger partial charge >= 0.3 is 5.69 Å². The van der Waals surface area contributed by atoms with Crippen molar-refractivity contribution in [1.82, 2.24) is 19.8 Å². The quantitative estimate of drug-likeness (QED) is 0.767. The van der Waals surface area contributed by atoms with Crippen molar-refractivity contribution in [3.05, 3.63) is 70.4 Å². The van der Waals surface area contributed by atoms with Crippen LogP contribution in [-0.2, 0) is 17.8 Å². The van der Waals surface area contributed by atoms with Crippen LogP contribution in [0.25, 0.3) is 5.69 Å². The zero-order chi connectivity index (χ0) is 17.8. The van der Waals surface area contributed by atoms with Crippen LogP contribution in [0.15, 0.2) is 53.3 Å². The van der Waals surface area contributed by atoms with Gasteiger partial charge in [-0.25, -0.2) is 9.18 Å². The summed E-state index contributed by atoms with van der Waals surface area (Å²) >= 11 is 0. The molecular weight excluding hydrogens is 325 g/mol. The summed E-state index contributed by atoms with van der Waals surface area (Å²) in [4.78, 5) is 23.4. The van der Waals surface area contributed by atoms with Crippen LogP contribution in [0.3, 0.4) is 0 Å². The molecule has 8 heteroatoms. The standard InChI is InChI=1S/C17H16FN5O2/c1-12(24)19-15-4-2-3-13(11-15)9-10-22-17(25)23(21-20-22)16-7-5-14(18)6-8-16/h2-8,11H,9-10H2,1H3,(H,19,24). The van der Waals surface area contributed by atoms with Crippen LogP contribution < -0.4 is 11.0 Å². The van der Waals surface area contributed by atoms with Crippen LogP contribution in [0.4, 0.5) is 10.1 Å². The molecule has 1 N–H and O–H groups in total. The lowest BCUT2D eigenvalue weighted by molar-refractivity contribution is -0.114. The number of rotatable bonds is 5. The molecule has 0 aliphatic heterocycles. The summed E-state index contributed by atoms with van der Waals surface area (Å²) in [6, 6.07) is 12.8. The number of amides is 1. The van der Waals surface area contributed by atoms with E-state index in [1.54, 1.807) is 6.07 Å². The van der Waals surface area contributed by atoms with E-state index < -0.39 is 5.69 Å². The van der Waals surface area contributed by atoms with Gasteiger partial charge in [0, 0.05) is 12.6 Å². The lowest BCUT2D eigenvalue weighted by Crippen LogP contribution is -2.25. The highest BCUT2D eigenvalue weighted by atomic mass is 19.1. The van der Waals surface area contributed by atoms with Crippen molar-refractivity contribution < 1.29 is 9.18 Å². The Morgan fingerprint density at radius 2 is 1.92 bits per heavy atom. The van der Waals surface area contributed by atoms with Gasteiger partial charge in [0.05, 0.1) is 12.2 Å². The number of nitrogens with one attached hydrogen (secondary N) is 1. The summed E-state index contributed by atoms with van der Waals surface area (Å²) in [5.74, 6) is -0.529. The van der Waals surface area contributed by atoms with Crippen molar-refractivity contribution in [3.63, 3.8) is 0 Å². The molecule has 0 fully saturated rings. The molecule has 0 aliphatic rings. The van der Waals surface area contributed by atoms with E-state index in [-0.39, 0.29) is 11.7 Å². The third kappa shape index (κ3) is 3.97. The number of carbonyl (C=O) groups excluding carboxylic acids is 1. The molecule has 0 radical (unpaired) electrons. The molecule has 0 saturated carbocycles. The number of nitrogens with zero attached hydrogens (tertiary/aromatic N) is 4. The Morgan fingerprint density at radius 1 is 1.16 bits per heavy atom. The number of anilines is 1. The van der Waals surface area contributed by atoms with Crippen molar-refractivity contribution in [2.75, 3.05) is 5.32 Å². The van der Waals surface area contributed by atoms with Gasteiger partial charge in [-0.15, -0.1) is 0 Å². The van der Waals surface area contributed by atoms with Crippen molar-refractivity contribution in [2.24, 2.45) is 0 Å². The number of carbonyl (C=O) groups is 1. The van der Waals surface area contributed by atoms with E-state index in [0.29, 0.717) is 24.3 Å². The van der Waals surface area contributed by atoms with Gasteiger partial charge in [-0.2, -0.15) is 9.36 Å². The summed E-state index contributed by atoms with van der Waals surface area (Å²) in [7, 11) is 0. The lowest BCUT2D eigenvalue weighted by atomic mass is 10.1. The van der Waals surface area contributed by atoms with Gasteiger partial charge in [-0.05, 0) is 58.8 Å². The van der Waals surface area contributed by atoms with E-state index in [9.17, 15) is 14.0 Å². The van der Waals surface area contributed by atoms with E-state index in [4.69, 9.17) is 0 Å². The van der Waals surface area contributed by atoms with E-state index in [0.717, 1.165) is 10.2 Å². The minimum Gasteiger partial charge on any atom is -0.326 e. The molecule has 0 aliphatic carbocycles. The zero-order valence-corrected chi connectivity index (χ0v) is 13.5. The van der Waals surface area contributed by atoms with Crippen LogP contribution in [0, 0.1) is 5.82 Å². The van der Waals surface area contributed by atoms with Gasteiger partial charge in [0.15, 0.2) is 0 Å². The van der Waals surface area contributed by atoms with Crippen molar-refractivity contribution in [2.45, 2.75) is 19.9 Å². The highest BCUT2D eigenvalue weighted by Crippen LogP contribution is 2.11. The SMILES string of the molecule is CC(=O)Nc1cccc(CCn2nnn(-c3ccc(F)cc3)c2=O)c1. The number of hydrogen-bond acceptors (Lipinski definition) is 4. The molecule has 25 heavy (non-hydrogen) atoms. The molecule has 7 nitrogen and oxygen atoms in total. The van der Waals surface area contributed by atoms with Crippen molar-refractivity contribution in [3.8, 4) is 5.69 Å². The average Bonchev–Trinajstić information content (AvgIpc) is 2.94. The summed E-state index contributed by atoms with van der Waals surface area (Å²) in [6.07, 6.45) is 0.551. The van der Waals surface area contributed by atoms with E-state index in [1.807, 2.05) is 18.2 Å². The maximum absolute atomic E-state index is 13.0. The van der Waals surface area contributed by atoms with Crippen molar-refractivity contribution in [1.29, 1.82) is 0 Å². The van der Waals surface area contributed by atoms with Gasteiger partial charge in [0.1, 0.15) is 5.82 Å². The second-order valence-corrected chi connectivity index (χ2v) is 5.50. The largest absolute Gasteiger partial charge is 0.368 e. The first-order valence-corrected chi connectivity index (χ1v) is 7.68. The smallest absolute Gasteiger partial charge is 0.326 e. The maximum Gasteiger partial charge on any atom is 0.368 e. The second-order valence-electron chi connectivity index (χ2n) is 5.50. The van der Waals surface area contributed by atoms with E-state index in [2.05, 4.69) is 15.7 Å². The minimum absolute atomic E-state index is 0.143. The van der Waals surface area contributed by atoms with Crippen LogP contribution in [0.1, 0.15) is 12.5 Å². The van der Waals surface area contributed by atoms with E-state index in [1.165, 1.54) is 35.9 Å². The minimum atomic E-state index is -0.398.